The fraction of sp³-hybridized carbons (Fsp3) is 0.462. The lowest BCUT2D eigenvalue weighted by molar-refractivity contribution is 0.0664. The van der Waals surface area contributed by atoms with E-state index in [1.54, 1.807) is 18.2 Å². The number of carbonyl (C=O) groups excluding carboxylic acids is 1. The van der Waals surface area contributed by atoms with Crippen molar-refractivity contribution in [3.05, 3.63) is 33.3 Å². The number of halogens is 2. The molecule has 1 aliphatic rings. The van der Waals surface area contributed by atoms with Gasteiger partial charge in [0, 0.05) is 34.2 Å². The third kappa shape index (κ3) is 3.05. The predicted octanol–water partition coefficient (Wildman–Crippen LogP) is 2.91. The Morgan fingerprint density at radius 1 is 1.50 bits per heavy atom. The Labute approximate surface area is 120 Å². The minimum absolute atomic E-state index is 0.0250. The molecule has 1 aromatic carbocycles. The van der Waals surface area contributed by atoms with E-state index in [1.165, 1.54) is 0 Å². The number of likely N-dealkylation sites (tertiary alicyclic amines) is 1. The summed E-state index contributed by atoms with van der Waals surface area (Å²) >= 11 is 9.32. The average Bonchev–Trinajstić information content (AvgIpc) is 2.30. The molecule has 1 heterocycles. The van der Waals surface area contributed by atoms with Gasteiger partial charge in [0.25, 0.3) is 5.91 Å². The number of nitrogens with zero attached hydrogens (tertiary/aromatic N) is 1. The zero-order valence-electron chi connectivity index (χ0n) is 10.2. The van der Waals surface area contributed by atoms with Crippen LogP contribution in [0.1, 0.15) is 23.7 Å². The molecule has 1 aromatic rings. The third-order valence-electron chi connectivity index (χ3n) is 3.37. The van der Waals surface area contributed by atoms with Gasteiger partial charge >= 0.3 is 0 Å². The van der Waals surface area contributed by atoms with Gasteiger partial charge in [-0.15, -0.1) is 0 Å². The maximum atomic E-state index is 12.4. The Kier molecular flexibility index (Phi) is 4.30. The highest BCUT2D eigenvalue weighted by Gasteiger charge is 2.27. The lowest BCUT2D eigenvalue weighted by Crippen LogP contribution is -2.48. The lowest BCUT2D eigenvalue weighted by Gasteiger charge is -2.35. The van der Waals surface area contributed by atoms with E-state index in [-0.39, 0.29) is 11.9 Å². The zero-order chi connectivity index (χ0) is 13.3. The maximum absolute atomic E-state index is 12.4. The summed E-state index contributed by atoms with van der Waals surface area (Å²) in [5, 5.41) is 0.564. The van der Waals surface area contributed by atoms with Gasteiger partial charge in [0.05, 0.1) is 0 Å². The molecule has 0 radical (unpaired) electrons. The van der Waals surface area contributed by atoms with E-state index in [4.69, 9.17) is 17.3 Å². The smallest absolute Gasteiger partial charge is 0.253 e. The van der Waals surface area contributed by atoms with Gasteiger partial charge in [-0.25, -0.2) is 0 Å². The van der Waals surface area contributed by atoms with Gasteiger partial charge in [0.1, 0.15) is 0 Å². The molecule has 3 nitrogen and oxygen atoms in total. The van der Waals surface area contributed by atoms with Crippen LogP contribution in [0.15, 0.2) is 22.7 Å². The maximum Gasteiger partial charge on any atom is 0.253 e. The molecule has 1 saturated heterocycles. The Bertz CT molecular complexity index is 446. The van der Waals surface area contributed by atoms with E-state index in [1.807, 2.05) is 4.90 Å². The van der Waals surface area contributed by atoms with E-state index < -0.39 is 0 Å². The van der Waals surface area contributed by atoms with E-state index in [2.05, 4.69) is 22.9 Å². The first-order chi connectivity index (χ1) is 8.47. The number of hydrogen-bond acceptors (Lipinski definition) is 2. The van der Waals surface area contributed by atoms with Crippen molar-refractivity contribution >= 4 is 33.4 Å². The summed E-state index contributed by atoms with van der Waals surface area (Å²) in [6, 6.07) is 5.47. The van der Waals surface area contributed by atoms with Crippen LogP contribution in [0.2, 0.25) is 5.02 Å². The van der Waals surface area contributed by atoms with Crippen molar-refractivity contribution in [1.82, 2.24) is 4.90 Å². The second-order valence-corrected chi connectivity index (χ2v) is 6.19. The highest BCUT2D eigenvalue weighted by molar-refractivity contribution is 9.10. The Balaban J connectivity index is 2.16. The van der Waals surface area contributed by atoms with Crippen LogP contribution in [-0.2, 0) is 0 Å². The second-order valence-electron chi connectivity index (χ2n) is 4.84. The number of benzene rings is 1. The van der Waals surface area contributed by atoms with Gasteiger partial charge in [-0.05, 0) is 30.5 Å². The molecular formula is C13H16BrClN2O. The van der Waals surface area contributed by atoms with Crippen molar-refractivity contribution < 1.29 is 4.79 Å². The molecule has 2 atom stereocenters. The normalized spacial score (nSPS) is 24.1. The van der Waals surface area contributed by atoms with Crippen LogP contribution >= 0.6 is 27.5 Å². The van der Waals surface area contributed by atoms with Crippen LogP contribution in [-0.4, -0.2) is 29.9 Å². The van der Waals surface area contributed by atoms with Gasteiger partial charge in [-0.2, -0.15) is 0 Å². The van der Waals surface area contributed by atoms with Gasteiger partial charge in [-0.1, -0.05) is 34.5 Å². The number of piperidine rings is 1. The molecule has 2 rings (SSSR count). The highest BCUT2D eigenvalue weighted by Crippen LogP contribution is 2.23. The van der Waals surface area contributed by atoms with Crippen LogP contribution in [0, 0.1) is 5.92 Å². The van der Waals surface area contributed by atoms with Crippen molar-refractivity contribution in [3.8, 4) is 0 Å². The minimum Gasteiger partial charge on any atom is -0.338 e. The summed E-state index contributed by atoms with van der Waals surface area (Å²) in [7, 11) is 0. The topological polar surface area (TPSA) is 46.3 Å². The van der Waals surface area contributed by atoms with Gasteiger partial charge in [0.15, 0.2) is 0 Å². The molecule has 98 valence electrons. The highest BCUT2D eigenvalue weighted by atomic mass is 79.9. The number of amides is 1. The SMILES string of the molecule is CC1CN(C(=O)c2cc(Cl)cc(Br)c2)CCC1N. The molecule has 2 unspecified atom stereocenters. The quantitative estimate of drug-likeness (QED) is 0.860. The average molecular weight is 332 g/mol. The molecule has 5 heteroatoms. The largest absolute Gasteiger partial charge is 0.338 e. The van der Waals surface area contributed by atoms with Crippen LogP contribution < -0.4 is 5.73 Å². The summed E-state index contributed by atoms with van der Waals surface area (Å²) < 4.78 is 0.820. The summed E-state index contributed by atoms with van der Waals surface area (Å²) in [4.78, 5) is 14.2. The first kappa shape index (κ1) is 13.8. The zero-order valence-corrected chi connectivity index (χ0v) is 12.5. The molecule has 1 fully saturated rings. The first-order valence-electron chi connectivity index (χ1n) is 5.98. The molecule has 1 aliphatic heterocycles. The van der Waals surface area contributed by atoms with Crippen LogP contribution in [0.4, 0.5) is 0 Å². The molecule has 0 aromatic heterocycles. The molecule has 0 spiro atoms. The molecule has 18 heavy (non-hydrogen) atoms. The number of nitrogens with two attached hydrogens (primary N) is 1. The monoisotopic (exact) mass is 330 g/mol. The molecule has 0 bridgehead atoms. The summed E-state index contributed by atoms with van der Waals surface area (Å²) in [5.74, 6) is 0.363. The minimum atomic E-state index is 0.0250. The first-order valence-corrected chi connectivity index (χ1v) is 7.15. The van der Waals surface area contributed by atoms with E-state index in [9.17, 15) is 4.79 Å². The fourth-order valence-corrected chi connectivity index (χ4v) is 3.07. The number of hydrogen-bond donors (Lipinski definition) is 1. The van der Waals surface area contributed by atoms with Crippen LogP contribution in [0.3, 0.4) is 0 Å². The van der Waals surface area contributed by atoms with Gasteiger partial charge < -0.3 is 10.6 Å². The van der Waals surface area contributed by atoms with Gasteiger partial charge in [-0.3, -0.25) is 4.79 Å². The van der Waals surface area contributed by atoms with E-state index >= 15 is 0 Å². The summed E-state index contributed by atoms with van der Waals surface area (Å²) in [5.41, 5.74) is 6.58. The predicted molar refractivity (Wildman–Crippen MR) is 76.8 cm³/mol. The molecule has 1 amide bonds. The molecule has 0 saturated carbocycles. The lowest BCUT2D eigenvalue weighted by atomic mass is 9.94. The summed E-state index contributed by atoms with van der Waals surface area (Å²) in [6.45, 7) is 3.51. The van der Waals surface area contributed by atoms with Gasteiger partial charge in [0.2, 0.25) is 0 Å². The van der Waals surface area contributed by atoms with Crippen molar-refractivity contribution in [1.29, 1.82) is 0 Å². The Morgan fingerprint density at radius 2 is 2.22 bits per heavy atom. The second kappa shape index (κ2) is 5.59. The van der Waals surface area contributed by atoms with Crippen molar-refractivity contribution in [2.24, 2.45) is 11.7 Å². The van der Waals surface area contributed by atoms with Crippen molar-refractivity contribution in [2.75, 3.05) is 13.1 Å². The molecule has 0 aliphatic carbocycles. The Morgan fingerprint density at radius 3 is 2.83 bits per heavy atom. The van der Waals surface area contributed by atoms with Crippen molar-refractivity contribution in [3.63, 3.8) is 0 Å². The third-order valence-corrected chi connectivity index (χ3v) is 4.04. The van der Waals surface area contributed by atoms with Crippen LogP contribution in [0.25, 0.3) is 0 Å². The van der Waals surface area contributed by atoms with Crippen LogP contribution in [0.5, 0.6) is 0 Å². The van der Waals surface area contributed by atoms with E-state index in [0.29, 0.717) is 29.6 Å². The standard InChI is InChI=1S/C13H16BrClN2O/c1-8-7-17(3-2-12(8)16)13(18)9-4-10(14)6-11(15)5-9/h4-6,8,12H,2-3,7,16H2,1H3. The Hall–Kier alpha value is -0.580. The van der Waals surface area contributed by atoms with E-state index in [0.717, 1.165) is 10.9 Å². The molecular weight excluding hydrogens is 316 g/mol. The number of carbonyl (C=O) groups is 1. The fourth-order valence-electron chi connectivity index (χ4n) is 2.21. The molecule has 2 N–H and O–H groups in total. The van der Waals surface area contributed by atoms with Crippen molar-refractivity contribution in [2.45, 2.75) is 19.4 Å². The number of rotatable bonds is 1. The summed E-state index contributed by atoms with van der Waals surface area (Å²) in [6.07, 6.45) is 0.856.